The first kappa shape index (κ1) is 13.8. The number of sulfone groups is 1. The molecule has 0 radical (unpaired) electrons. The second kappa shape index (κ2) is 5.16. The average Bonchev–Trinajstić information content (AvgIpc) is 2.89. The van der Waals surface area contributed by atoms with Crippen molar-refractivity contribution in [3.05, 3.63) is 30.1 Å². The summed E-state index contributed by atoms with van der Waals surface area (Å²) in [4.78, 5) is 11.8. The van der Waals surface area contributed by atoms with Crippen LogP contribution in [0.4, 0.5) is 0 Å². The monoisotopic (exact) mass is 283 g/mol. The summed E-state index contributed by atoms with van der Waals surface area (Å²) in [5.74, 6) is 0.0718. The van der Waals surface area contributed by atoms with E-state index in [1.165, 1.54) is 6.20 Å². The third kappa shape index (κ3) is 2.86. The number of hydrogen-bond donors (Lipinski definition) is 1. The lowest BCUT2D eigenvalue weighted by Gasteiger charge is -2.11. The molecule has 19 heavy (non-hydrogen) atoms. The maximum atomic E-state index is 11.8. The molecule has 1 unspecified atom stereocenters. The molecular weight excluding hydrogens is 266 g/mol. The van der Waals surface area contributed by atoms with E-state index in [-0.39, 0.29) is 23.5 Å². The van der Waals surface area contributed by atoms with Gasteiger partial charge in [-0.2, -0.15) is 5.10 Å². The van der Waals surface area contributed by atoms with Gasteiger partial charge in [-0.1, -0.05) is 6.08 Å². The molecule has 2 rings (SSSR count). The van der Waals surface area contributed by atoms with E-state index in [0.717, 1.165) is 0 Å². The first-order chi connectivity index (χ1) is 8.94. The minimum Gasteiger partial charge on any atom is -0.348 e. The molecule has 1 saturated heterocycles. The third-order valence-corrected chi connectivity index (χ3v) is 5.00. The fourth-order valence-corrected chi connectivity index (χ4v) is 3.93. The molecule has 6 nitrogen and oxygen atoms in total. The molecule has 0 saturated carbocycles. The van der Waals surface area contributed by atoms with E-state index in [0.29, 0.717) is 24.2 Å². The topological polar surface area (TPSA) is 81.1 Å². The molecule has 1 fully saturated rings. The van der Waals surface area contributed by atoms with Crippen molar-refractivity contribution in [2.75, 3.05) is 18.1 Å². The Hall–Kier alpha value is -1.63. The standard InChI is InChI=1S/C12H17N3O3S/c1-3-5-13-12(16)11-7-14-15(9(11)2)10-4-6-19(17,18)8-10/h3,7,10H,1,4-6,8H2,2H3,(H,13,16). The van der Waals surface area contributed by atoms with Crippen molar-refractivity contribution in [2.45, 2.75) is 19.4 Å². The Labute approximate surface area is 112 Å². The molecule has 0 aromatic carbocycles. The predicted molar refractivity (Wildman–Crippen MR) is 71.8 cm³/mol. The lowest BCUT2D eigenvalue weighted by Crippen LogP contribution is -2.24. The van der Waals surface area contributed by atoms with Crippen molar-refractivity contribution in [1.82, 2.24) is 15.1 Å². The van der Waals surface area contributed by atoms with E-state index >= 15 is 0 Å². The number of nitrogens with zero attached hydrogens (tertiary/aromatic N) is 2. The number of carbonyl (C=O) groups excluding carboxylic acids is 1. The Morgan fingerprint density at radius 1 is 1.68 bits per heavy atom. The van der Waals surface area contributed by atoms with Crippen LogP contribution < -0.4 is 5.32 Å². The summed E-state index contributed by atoms with van der Waals surface area (Å²) in [6.45, 7) is 5.70. The summed E-state index contributed by atoms with van der Waals surface area (Å²) in [5, 5.41) is 6.84. The van der Waals surface area contributed by atoms with Gasteiger partial charge >= 0.3 is 0 Å². The van der Waals surface area contributed by atoms with Crippen LogP contribution in [0.3, 0.4) is 0 Å². The molecular formula is C12H17N3O3S. The van der Waals surface area contributed by atoms with Crippen LogP contribution in [0.1, 0.15) is 28.5 Å². The Morgan fingerprint density at radius 2 is 2.42 bits per heavy atom. The van der Waals surface area contributed by atoms with Crippen molar-refractivity contribution >= 4 is 15.7 Å². The zero-order chi connectivity index (χ0) is 14.0. The Bertz CT molecular complexity index is 604. The second-order valence-electron chi connectivity index (χ2n) is 4.64. The van der Waals surface area contributed by atoms with Gasteiger partial charge in [-0.15, -0.1) is 6.58 Å². The van der Waals surface area contributed by atoms with Crippen LogP contribution in [0.15, 0.2) is 18.9 Å². The first-order valence-electron chi connectivity index (χ1n) is 6.08. The molecule has 1 aliphatic heterocycles. The number of nitrogens with one attached hydrogen (secondary N) is 1. The highest BCUT2D eigenvalue weighted by Crippen LogP contribution is 2.25. The summed E-state index contributed by atoms with van der Waals surface area (Å²) in [5.41, 5.74) is 1.18. The normalized spacial score (nSPS) is 21.2. The summed E-state index contributed by atoms with van der Waals surface area (Å²) in [6, 6.07) is -0.161. The molecule has 0 bridgehead atoms. The van der Waals surface area contributed by atoms with Crippen LogP contribution in [0.25, 0.3) is 0 Å². The van der Waals surface area contributed by atoms with Crippen LogP contribution in [-0.2, 0) is 9.84 Å². The lowest BCUT2D eigenvalue weighted by atomic mass is 10.2. The van der Waals surface area contributed by atoms with Crippen LogP contribution in [0, 0.1) is 6.92 Å². The highest BCUT2D eigenvalue weighted by atomic mass is 32.2. The number of hydrogen-bond acceptors (Lipinski definition) is 4. The van der Waals surface area contributed by atoms with Gasteiger partial charge in [0.1, 0.15) is 0 Å². The zero-order valence-electron chi connectivity index (χ0n) is 10.8. The van der Waals surface area contributed by atoms with E-state index in [1.807, 2.05) is 0 Å². The minimum atomic E-state index is -2.96. The summed E-state index contributed by atoms with van der Waals surface area (Å²) < 4.78 is 24.6. The molecule has 1 aromatic heterocycles. The molecule has 1 aliphatic rings. The summed E-state index contributed by atoms with van der Waals surface area (Å²) in [7, 11) is -2.96. The van der Waals surface area contributed by atoms with Crippen LogP contribution in [0.5, 0.6) is 0 Å². The largest absolute Gasteiger partial charge is 0.348 e. The maximum Gasteiger partial charge on any atom is 0.254 e. The zero-order valence-corrected chi connectivity index (χ0v) is 11.6. The van der Waals surface area contributed by atoms with Gasteiger partial charge in [-0.25, -0.2) is 8.42 Å². The van der Waals surface area contributed by atoms with Gasteiger partial charge in [-0.3, -0.25) is 9.48 Å². The molecule has 7 heteroatoms. The van der Waals surface area contributed by atoms with Gasteiger partial charge in [0.2, 0.25) is 0 Å². The van der Waals surface area contributed by atoms with Crippen molar-refractivity contribution in [1.29, 1.82) is 0 Å². The molecule has 0 aliphatic carbocycles. The van der Waals surface area contributed by atoms with Crippen LogP contribution in [-0.4, -0.2) is 42.2 Å². The van der Waals surface area contributed by atoms with E-state index < -0.39 is 9.84 Å². The smallest absolute Gasteiger partial charge is 0.254 e. The predicted octanol–water partition coefficient (Wildman–Crippen LogP) is 0.467. The van der Waals surface area contributed by atoms with E-state index in [9.17, 15) is 13.2 Å². The highest BCUT2D eigenvalue weighted by molar-refractivity contribution is 7.91. The van der Waals surface area contributed by atoms with Gasteiger partial charge in [0.05, 0.1) is 29.3 Å². The highest BCUT2D eigenvalue weighted by Gasteiger charge is 2.31. The molecule has 1 atom stereocenters. The fourth-order valence-electron chi connectivity index (χ4n) is 2.24. The van der Waals surface area contributed by atoms with Gasteiger partial charge in [0.25, 0.3) is 5.91 Å². The van der Waals surface area contributed by atoms with Crippen molar-refractivity contribution < 1.29 is 13.2 Å². The molecule has 2 heterocycles. The quantitative estimate of drug-likeness (QED) is 0.814. The van der Waals surface area contributed by atoms with Gasteiger partial charge in [0, 0.05) is 12.2 Å². The van der Waals surface area contributed by atoms with Gasteiger partial charge in [-0.05, 0) is 13.3 Å². The van der Waals surface area contributed by atoms with Gasteiger partial charge in [0.15, 0.2) is 9.84 Å². The van der Waals surface area contributed by atoms with Crippen LogP contribution >= 0.6 is 0 Å². The van der Waals surface area contributed by atoms with Crippen molar-refractivity contribution in [3.63, 3.8) is 0 Å². The number of amides is 1. The van der Waals surface area contributed by atoms with Gasteiger partial charge < -0.3 is 5.32 Å². The maximum absolute atomic E-state index is 11.8. The van der Waals surface area contributed by atoms with E-state index in [2.05, 4.69) is 17.0 Å². The SMILES string of the molecule is C=CCNC(=O)c1cnn(C2CCS(=O)(=O)C2)c1C. The Morgan fingerprint density at radius 3 is 3.00 bits per heavy atom. The summed E-state index contributed by atoms with van der Waals surface area (Å²) in [6.07, 6.45) is 3.64. The van der Waals surface area contributed by atoms with E-state index in [1.54, 1.807) is 17.7 Å². The molecule has 1 N–H and O–H groups in total. The molecule has 0 spiro atoms. The van der Waals surface area contributed by atoms with Crippen LogP contribution in [0.2, 0.25) is 0 Å². The number of carbonyl (C=O) groups is 1. The fraction of sp³-hybridized carbons (Fsp3) is 0.500. The summed E-state index contributed by atoms with van der Waals surface area (Å²) >= 11 is 0. The minimum absolute atomic E-state index is 0.100. The van der Waals surface area contributed by atoms with E-state index in [4.69, 9.17) is 0 Å². The average molecular weight is 283 g/mol. The first-order valence-corrected chi connectivity index (χ1v) is 7.90. The van der Waals surface area contributed by atoms with Crippen molar-refractivity contribution in [3.8, 4) is 0 Å². The Balaban J connectivity index is 2.19. The number of aromatic nitrogens is 2. The number of rotatable bonds is 4. The van der Waals surface area contributed by atoms with Crippen molar-refractivity contribution in [2.24, 2.45) is 0 Å². The molecule has 104 valence electrons. The molecule has 1 amide bonds. The third-order valence-electron chi connectivity index (χ3n) is 3.25. The second-order valence-corrected chi connectivity index (χ2v) is 6.87. The molecule has 1 aromatic rings. The Kier molecular flexibility index (Phi) is 3.75. The lowest BCUT2D eigenvalue weighted by molar-refractivity contribution is 0.0957.